The first kappa shape index (κ1) is 46.8. The van der Waals surface area contributed by atoms with Gasteiger partial charge in [-0.05, 0) is 123 Å². The summed E-state index contributed by atoms with van der Waals surface area (Å²) < 4.78 is 24.8. The summed E-state index contributed by atoms with van der Waals surface area (Å²) in [5.74, 6) is 0.420. The lowest BCUT2D eigenvalue weighted by atomic mass is 9.69. The Morgan fingerprint density at radius 2 is 1.78 bits per heavy atom. The van der Waals surface area contributed by atoms with Gasteiger partial charge in [0.15, 0.2) is 8.32 Å². The number of rotatable bonds is 17. The van der Waals surface area contributed by atoms with Gasteiger partial charge in [-0.15, -0.1) is 0 Å². The van der Waals surface area contributed by atoms with Gasteiger partial charge in [0.25, 0.3) is 0 Å². The lowest BCUT2D eigenvalue weighted by Gasteiger charge is -2.45. The van der Waals surface area contributed by atoms with Crippen molar-refractivity contribution in [3.63, 3.8) is 0 Å². The van der Waals surface area contributed by atoms with E-state index >= 15 is 0 Å². The number of nitrogens with one attached hydrogen (secondary N) is 2. The van der Waals surface area contributed by atoms with Crippen LogP contribution in [0.25, 0.3) is 10.9 Å². The number of ether oxygens (including phenoxy) is 3. The van der Waals surface area contributed by atoms with E-state index in [0.717, 1.165) is 94.1 Å². The van der Waals surface area contributed by atoms with Crippen LogP contribution in [-0.4, -0.2) is 81.2 Å². The van der Waals surface area contributed by atoms with E-state index in [2.05, 4.69) is 73.3 Å². The first-order valence-corrected chi connectivity index (χ1v) is 26.2. The second kappa shape index (κ2) is 19.9. The summed E-state index contributed by atoms with van der Waals surface area (Å²) in [6, 6.07) is 18.5. The predicted molar refractivity (Wildman–Crippen MR) is 250 cm³/mol. The van der Waals surface area contributed by atoms with E-state index in [4.69, 9.17) is 30.2 Å². The molecule has 3 aromatic carbocycles. The molecule has 4 fully saturated rings. The maximum absolute atomic E-state index is 14.1. The highest BCUT2D eigenvalue weighted by molar-refractivity contribution is 6.74. The quantitative estimate of drug-likeness (QED) is 0.0533. The van der Waals surface area contributed by atoms with Crippen LogP contribution in [0.15, 0.2) is 65.5 Å². The standard InChI is InChI=1S/C50H66ClN3O8Si/c1-49(2,3)63(5,6)62-43(37-16-18-41(55)46-38(37)17-19-45(56)53-46)31-52-30-35-28-40(51)39(29-42(35)59-4)47(57)60-26-11-8-13-33-14-12-15-36(27-33)50(22-9-7-10-23-50)48(58)61-44-32-54-24-20-34(44)21-25-54/h12,14-19,27-29,34,43-44,52,55H,7-11,13,20-26,30-32H2,1-6H3,(H,53,56)/t43-,44-/m0/s1. The molecule has 2 bridgehead atoms. The molecule has 0 spiro atoms. The molecule has 63 heavy (non-hydrogen) atoms. The van der Waals surface area contributed by atoms with Gasteiger partial charge in [0.2, 0.25) is 5.56 Å². The largest absolute Gasteiger partial charge is 0.506 e. The maximum atomic E-state index is 14.1. The Morgan fingerprint density at radius 3 is 2.48 bits per heavy atom. The zero-order chi connectivity index (χ0) is 44.9. The normalized spacial score (nSPS) is 20.3. The number of aromatic hydroxyl groups is 1. The average molecular weight is 901 g/mol. The Kier molecular flexibility index (Phi) is 14.8. The third-order valence-corrected chi connectivity index (χ3v) is 19.1. The molecule has 3 saturated heterocycles. The molecule has 3 N–H and O–H groups in total. The number of fused-ring (bicyclic) bond motifs is 4. The van der Waals surface area contributed by atoms with Gasteiger partial charge in [0, 0.05) is 36.7 Å². The van der Waals surface area contributed by atoms with Crippen molar-refractivity contribution in [2.24, 2.45) is 5.92 Å². The van der Waals surface area contributed by atoms with Gasteiger partial charge >= 0.3 is 11.9 Å². The molecule has 0 unspecified atom stereocenters. The van der Waals surface area contributed by atoms with Crippen molar-refractivity contribution in [1.29, 1.82) is 0 Å². The number of halogens is 1. The third-order valence-electron chi connectivity index (χ3n) is 14.3. The first-order chi connectivity index (χ1) is 30.1. The molecule has 2 atom stereocenters. The number of carbonyl (C=O) groups is 2. The van der Waals surface area contributed by atoms with Crippen LogP contribution in [0.1, 0.15) is 117 Å². The van der Waals surface area contributed by atoms with Crippen LogP contribution < -0.4 is 15.6 Å². The van der Waals surface area contributed by atoms with Crippen molar-refractivity contribution in [3.05, 3.63) is 104 Å². The van der Waals surface area contributed by atoms with E-state index in [-0.39, 0.29) is 45.6 Å². The number of methoxy groups -OCH3 is 1. The van der Waals surface area contributed by atoms with Crippen molar-refractivity contribution in [2.75, 3.05) is 39.9 Å². The molecule has 11 nitrogen and oxygen atoms in total. The van der Waals surface area contributed by atoms with E-state index in [9.17, 15) is 19.5 Å². The number of carbonyl (C=O) groups excluding carboxylic acids is 2. The average Bonchev–Trinajstić information content (AvgIpc) is 3.26. The number of hydrogen-bond donors (Lipinski definition) is 3. The van der Waals surface area contributed by atoms with Crippen molar-refractivity contribution in [3.8, 4) is 11.5 Å². The fraction of sp³-hybridized carbons (Fsp3) is 0.540. The Morgan fingerprint density at radius 1 is 1.02 bits per heavy atom. The Balaban J connectivity index is 0.945. The molecule has 1 aliphatic carbocycles. The zero-order valence-corrected chi connectivity index (χ0v) is 39.7. The second-order valence-corrected chi connectivity index (χ2v) is 24.6. The molecule has 13 heteroatoms. The topological polar surface area (TPSA) is 139 Å². The maximum Gasteiger partial charge on any atom is 0.339 e. The van der Waals surface area contributed by atoms with Gasteiger partial charge in [-0.25, -0.2) is 4.79 Å². The van der Waals surface area contributed by atoms with E-state index in [1.807, 2.05) is 6.07 Å². The van der Waals surface area contributed by atoms with Crippen molar-refractivity contribution < 1.29 is 33.3 Å². The molecule has 340 valence electrons. The van der Waals surface area contributed by atoms with Crippen molar-refractivity contribution >= 4 is 42.8 Å². The molecule has 1 saturated carbocycles. The van der Waals surface area contributed by atoms with Crippen LogP contribution in [0, 0.1) is 5.92 Å². The Bertz CT molecular complexity index is 2310. The number of aryl methyl sites for hydroxylation is 1. The van der Waals surface area contributed by atoms with Crippen LogP contribution in [0.4, 0.5) is 0 Å². The summed E-state index contributed by atoms with van der Waals surface area (Å²) in [5, 5.41) is 15.0. The van der Waals surface area contributed by atoms with Crippen LogP contribution in [0.5, 0.6) is 11.5 Å². The fourth-order valence-electron chi connectivity index (χ4n) is 9.46. The first-order valence-electron chi connectivity index (χ1n) is 22.9. The highest BCUT2D eigenvalue weighted by Gasteiger charge is 2.46. The number of benzene rings is 3. The third kappa shape index (κ3) is 10.7. The highest BCUT2D eigenvalue weighted by Crippen LogP contribution is 2.44. The lowest BCUT2D eigenvalue weighted by molar-refractivity contribution is -0.167. The number of piperidine rings is 3. The number of phenols is 1. The number of pyridine rings is 1. The van der Waals surface area contributed by atoms with Crippen molar-refractivity contribution in [2.45, 2.75) is 127 Å². The minimum absolute atomic E-state index is 0.00271. The summed E-state index contributed by atoms with van der Waals surface area (Å²) in [6.45, 7) is 15.0. The molecular formula is C50H66ClN3O8Si. The van der Waals surface area contributed by atoms with Gasteiger partial charge in [-0.3, -0.25) is 14.5 Å². The predicted octanol–water partition coefficient (Wildman–Crippen LogP) is 9.77. The molecule has 0 amide bonds. The van der Waals surface area contributed by atoms with E-state index in [1.54, 1.807) is 31.4 Å². The summed E-state index contributed by atoms with van der Waals surface area (Å²) in [7, 11) is -0.729. The van der Waals surface area contributed by atoms with E-state index < -0.39 is 25.8 Å². The van der Waals surface area contributed by atoms with Gasteiger partial charge in [0.05, 0.1) is 41.3 Å². The molecule has 3 aliphatic heterocycles. The summed E-state index contributed by atoms with van der Waals surface area (Å²) in [5.41, 5.74) is 3.56. The van der Waals surface area contributed by atoms with Crippen LogP contribution >= 0.6 is 11.6 Å². The number of aromatic nitrogens is 1. The monoisotopic (exact) mass is 899 g/mol. The number of esters is 2. The molecule has 8 rings (SSSR count). The van der Waals surface area contributed by atoms with Gasteiger partial charge < -0.3 is 34.0 Å². The molecule has 4 aliphatic rings. The molecule has 0 radical (unpaired) electrons. The molecule has 1 aromatic heterocycles. The highest BCUT2D eigenvalue weighted by atomic mass is 35.5. The van der Waals surface area contributed by atoms with Gasteiger partial charge in [-0.2, -0.15) is 0 Å². The number of nitrogens with zero attached hydrogens (tertiary/aromatic N) is 1. The summed E-state index contributed by atoms with van der Waals surface area (Å²) >= 11 is 6.73. The minimum Gasteiger partial charge on any atom is -0.506 e. The summed E-state index contributed by atoms with van der Waals surface area (Å²) in [6.07, 6.45) is 8.97. The number of phenolic OH excluding ortho intramolecular Hbond substituents is 1. The Labute approximate surface area is 378 Å². The van der Waals surface area contributed by atoms with Crippen LogP contribution in [0.2, 0.25) is 23.2 Å². The second-order valence-electron chi connectivity index (χ2n) is 19.4. The van der Waals surface area contributed by atoms with Crippen LogP contribution in [-0.2, 0) is 37.1 Å². The number of H-pyrrole nitrogens is 1. The summed E-state index contributed by atoms with van der Waals surface area (Å²) in [4.78, 5) is 44.7. The van der Waals surface area contributed by atoms with E-state index in [0.29, 0.717) is 42.1 Å². The SMILES string of the molecule is COc1cc(C(=O)OCCCCc2cccc(C3(C(=O)O[C@H]4CN5CCC4CC5)CCCCC3)c2)c(Cl)cc1CNC[C@H](O[Si](C)(C)C(C)(C)C)c1ccc(O)c2[nH]c(=O)ccc12. The van der Waals surface area contributed by atoms with Gasteiger partial charge in [-0.1, -0.05) is 82.0 Å². The number of hydrogen-bond acceptors (Lipinski definition) is 10. The fourth-order valence-corrected chi connectivity index (χ4v) is 11.0. The Hall–Kier alpha value is -4.20. The van der Waals surface area contributed by atoms with Crippen molar-refractivity contribution in [1.82, 2.24) is 15.2 Å². The lowest BCUT2D eigenvalue weighted by Crippen LogP contribution is -2.53. The number of aromatic amines is 1. The zero-order valence-electron chi connectivity index (χ0n) is 37.9. The van der Waals surface area contributed by atoms with Gasteiger partial charge in [0.1, 0.15) is 17.6 Å². The molecule has 4 aromatic rings. The molecule has 4 heterocycles. The molecular weight excluding hydrogens is 834 g/mol. The van der Waals surface area contributed by atoms with E-state index in [1.165, 1.54) is 11.6 Å². The van der Waals surface area contributed by atoms with Crippen LogP contribution in [0.3, 0.4) is 0 Å². The smallest absolute Gasteiger partial charge is 0.339 e. The minimum atomic E-state index is -2.29. The number of unbranched alkanes of at least 4 members (excludes halogenated alkanes) is 1.